The number of hydrogen-bond donors (Lipinski definition) is 2. The summed E-state index contributed by atoms with van der Waals surface area (Å²) in [6.07, 6.45) is 3.89. The first-order valence-corrected chi connectivity index (χ1v) is 12.5. The Labute approximate surface area is 212 Å². The molecule has 3 aromatic rings. The van der Waals surface area contributed by atoms with Crippen molar-refractivity contribution in [1.82, 2.24) is 9.80 Å². The Balaban J connectivity index is 1.48. The lowest BCUT2D eigenvalue weighted by Gasteiger charge is -2.26. The third-order valence-corrected chi connectivity index (χ3v) is 6.81. The van der Waals surface area contributed by atoms with Crippen LogP contribution in [-0.2, 0) is 11.3 Å². The van der Waals surface area contributed by atoms with Crippen LogP contribution in [-0.4, -0.2) is 48.8 Å². The molecule has 0 bridgehead atoms. The van der Waals surface area contributed by atoms with Crippen molar-refractivity contribution in [3.8, 4) is 0 Å². The SMILES string of the molecule is CN(C)C(=O)c1ccc2c(c1)NC(=O)C2=C(Nc1ccc(CN2CCCCC2)cc1)c1ccccc1. The monoisotopic (exact) mass is 480 g/mol. The van der Waals surface area contributed by atoms with E-state index in [1.54, 1.807) is 26.2 Å². The molecule has 1 fully saturated rings. The number of amides is 2. The van der Waals surface area contributed by atoms with Gasteiger partial charge in [-0.3, -0.25) is 14.5 Å². The molecule has 5 rings (SSSR count). The van der Waals surface area contributed by atoms with Gasteiger partial charge in [-0.25, -0.2) is 0 Å². The maximum atomic E-state index is 13.2. The minimum absolute atomic E-state index is 0.101. The molecule has 36 heavy (non-hydrogen) atoms. The summed E-state index contributed by atoms with van der Waals surface area (Å²) >= 11 is 0. The van der Waals surface area contributed by atoms with E-state index in [-0.39, 0.29) is 11.8 Å². The Bertz CT molecular complexity index is 1290. The van der Waals surface area contributed by atoms with Gasteiger partial charge in [0.2, 0.25) is 0 Å². The van der Waals surface area contributed by atoms with Gasteiger partial charge in [-0.2, -0.15) is 0 Å². The Morgan fingerprint density at radius 3 is 2.33 bits per heavy atom. The normalized spacial score (nSPS) is 16.8. The molecule has 0 radical (unpaired) electrons. The molecule has 2 amide bonds. The van der Waals surface area contributed by atoms with Gasteiger partial charge in [-0.05, 0) is 61.3 Å². The molecule has 2 N–H and O–H groups in total. The highest BCUT2D eigenvalue weighted by Crippen LogP contribution is 2.38. The summed E-state index contributed by atoms with van der Waals surface area (Å²) in [4.78, 5) is 29.7. The lowest BCUT2D eigenvalue weighted by atomic mass is 9.98. The zero-order valence-electron chi connectivity index (χ0n) is 20.9. The van der Waals surface area contributed by atoms with E-state index >= 15 is 0 Å². The molecule has 1 saturated heterocycles. The maximum Gasteiger partial charge on any atom is 0.258 e. The molecule has 184 valence electrons. The molecular weight excluding hydrogens is 448 g/mol. The van der Waals surface area contributed by atoms with E-state index in [0.717, 1.165) is 29.1 Å². The maximum absolute atomic E-state index is 13.2. The molecule has 2 aliphatic heterocycles. The van der Waals surface area contributed by atoms with Crippen LogP contribution >= 0.6 is 0 Å². The van der Waals surface area contributed by atoms with Crippen LogP contribution in [0.2, 0.25) is 0 Å². The Morgan fingerprint density at radius 1 is 0.917 bits per heavy atom. The van der Waals surface area contributed by atoms with Crippen molar-refractivity contribution in [3.63, 3.8) is 0 Å². The van der Waals surface area contributed by atoms with Crippen LogP contribution in [0.5, 0.6) is 0 Å². The van der Waals surface area contributed by atoms with E-state index in [4.69, 9.17) is 0 Å². The fourth-order valence-corrected chi connectivity index (χ4v) is 4.91. The van der Waals surface area contributed by atoms with Crippen LogP contribution in [0.25, 0.3) is 11.3 Å². The third-order valence-electron chi connectivity index (χ3n) is 6.81. The molecule has 3 aromatic carbocycles. The summed E-state index contributed by atoms with van der Waals surface area (Å²) in [6, 6.07) is 23.7. The molecule has 6 nitrogen and oxygen atoms in total. The average molecular weight is 481 g/mol. The number of hydrogen-bond acceptors (Lipinski definition) is 4. The Morgan fingerprint density at radius 2 is 1.64 bits per heavy atom. The third kappa shape index (κ3) is 5.04. The first-order chi connectivity index (χ1) is 17.5. The van der Waals surface area contributed by atoms with Gasteiger partial charge in [-0.1, -0.05) is 55.0 Å². The molecule has 2 heterocycles. The van der Waals surface area contributed by atoms with E-state index < -0.39 is 0 Å². The highest BCUT2D eigenvalue weighted by molar-refractivity contribution is 6.37. The van der Waals surface area contributed by atoms with Gasteiger partial charge in [-0.15, -0.1) is 0 Å². The van der Waals surface area contributed by atoms with E-state index in [9.17, 15) is 9.59 Å². The fraction of sp³-hybridized carbons (Fsp3) is 0.267. The van der Waals surface area contributed by atoms with Crippen molar-refractivity contribution in [1.29, 1.82) is 0 Å². The molecule has 0 aliphatic carbocycles. The smallest absolute Gasteiger partial charge is 0.258 e. The highest BCUT2D eigenvalue weighted by atomic mass is 16.2. The summed E-state index contributed by atoms with van der Waals surface area (Å²) in [5.74, 6) is -0.289. The van der Waals surface area contributed by atoms with E-state index in [1.165, 1.54) is 42.8 Å². The van der Waals surface area contributed by atoms with Crippen LogP contribution in [0.4, 0.5) is 11.4 Å². The van der Waals surface area contributed by atoms with E-state index in [2.05, 4.69) is 39.8 Å². The summed E-state index contributed by atoms with van der Waals surface area (Å²) in [5, 5.41) is 6.48. The predicted octanol–water partition coefficient (Wildman–Crippen LogP) is 5.31. The lowest BCUT2D eigenvalue weighted by molar-refractivity contribution is -0.110. The van der Waals surface area contributed by atoms with Gasteiger partial charge in [0, 0.05) is 43.1 Å². The second-order valence-electron chi connectivity index (χ2n) is 9.69. The zero-order chi connectivity index (χ0) is 25.1. The van der Waals surface area contributed by atoms with Crippen molar-refractivity contribution >= 4 is 34.5 Å². The standard InChI is InChI=1S/C30H32N4O2/c1-33(2)30(36)23-13-16-25-26(19-23)32-29(35)27(25)28(22-9-5-3-6-10-22)31-24-14-11-21(12-15-24)20-34-17-7-4-8-18-34/h3,5-6,9-16,19,31H,4,7-8,17-18,20H2,1-2H3,(H,32,35). The topological polar surface area (TPSA) is 64.7 Å². The number of fused-ring (bicyclic) bond motifs is 1. The fourth-order valence-electron chi connectivity index (χ4n) is 4.91. The number of rotatable bonds is 6. The quantitative estimate of drug-likeness (QED) is 0.470. The minimum Gasteiger partial charge on any atom is -0.354 e. The first kappa shape index (κ1) is 23.8. The number of carbonyl (C=O) groups is 2. The van der Waals surface area contributed by atoms with Gasteiger partial charge in [0.15, 0.2) is 0 Å². The van der Waals surface area contributed by atoms with Crippen LogP contribution in [0.3, 0.4) is 0 Å². The minimum atomic E-state index is -0.187. The Kier molecular flexibility index (Phi) is 6.87. The van der Waals surface area contributed by atoms with Crippen molar-refractivity contribution in [2.45, 2.75) is 25.8 Å². The molecular formula is C30H32N4O2. The summed E-state index contributed by atoms with van der Waals surface area (Å²) in [5.41, 5.74) is 6.40. The number of anilines is 2. The highest BCUT2D eigenvalue weighted by Gasteiger charge is 2.29. The zero-order valence-corrected chi connectivity index (χ0v) is 20.9. The molecule has 0 atom stereocenters. The van der Waals surface area contributed by atoms with Crippen LogP contribution in [0, 0.1) is 0 Å². The molecule has 0 saturated carbocycles. The number of nitrogens with one attached hydrogen (secondary N) is 2. The number of likely N-dealkylation sites (tertiary alicyclic amines) is 1. The number of piperidine rings is 1. The summed E-state index contributed by atoms with van der Waals surface area (Å²) in [7, 11) is 3.43. The molecule has 6 heteroatoms. The number of benzene rings is 3. The lowest BCUT2D eigenvalue weighted by Crippen LogP contribution is -2.29. The molecule has 2 aliphatic rings. The van der Waals surface area contributed by atoms with E-state index in [1.807, 2.05) is 36.4 Å². The Hall–Kier alpha value is -3.90. The largest absolute Gasteiger partial charge is 0.354 e. The average Bonchev–Trinajstić information content (AvgIpc) is 3.23. The number of carbonyl (C=O) groups excluding carboxylic acids is 2. The van der Waals surface area contributed by atoms with Crippen LogP contribution in [0.1, 0.15) is 46.3 Å². The second kappa shape index (κ2) is 10.4. The molecule has 0 aromatic heterocycles. The van der Waals surface area contributed by atoms with Crippen molar-refractivity contribution in [3.05, 3.63) is 95.1 Å². The van der Waals surface area contributed by atoms with Gasteiger partial charge in [0.25, 0.3) is 11.8 Å². The molecule has 0 spiro atoms. The van der Waals surface area contributed by atoms with Crippen molar-refractivity contribution in [2.24, 2.45) is 0 Å². The number of nitrogens with zero attached hydrogens (tertiary/aromatic N) is 2. The molecule has 0 unspecified atom stereocenters. The first-order valence-electron chi connectivity index (χ1n) is 12.5. The summed E-state index contributed by atoms with van der Waals surface area (Å²) < 4.78 is 0. The van der Waals surface area contributed by atoms with Gasteiger partial charge >= 0.3 is 0 Å². The van der Waals surface area contributed by atoms with E-state index in [0.29, 0.717) is 16.8 Å². The van der Waals surface area contributed by atoms with Crippen molar-refractivity contribution < 1.29 is 9.59 Å². The van der Waals surface area contributed by atoms with Crippen LogP contribution in [0.15, 0.2) is 72.8 Å². The van der Waals surface area contributed by atoms with Gasteiger partial charge in [0.1, 0.15) is 0 Å². The van der Waals surface area contributed by atoms with Crippen LogP contribution < -0.4 is 10.6 Å². The van der Waals surface area contributed by atoms with Gasteiger partial charge in [0.05, 0.1) is 11.3 Å². The van der Waals surface area contributed by atoms with Gasteiger partial charge < -0.3 is 15.5 Å². The van der Waals surface area contributed by atoms with Crippen molar-refractivity contribution in [2.75, 3.05) is 37.8 Å². The second-order valence-corrected chi connectivity index (χ2v) is 9.69. The summed E-state index contributed by atoms with van der Waals surface area (Å²) in [6.45, 7) is 3.30. The predicted molar refractivity (Wildman–Crippen MR) is 146 cm³/mol.